The van der Waals surface area contributed by atoms with E-state index in [0.29, 0.717) is 5.56 Å². The summed E-state index contributed by atoms with van der Waals surface area (Å²) in [5.41, 5.74) is -0.613. The molecule has 0 spiro atoms. The first-order valence-electron chi connectivity index (χ1n) is 11.5. The number of hydrogen-bond donors (Lipinski definition) is 6. The van der Waals surface area contributed by atoms with E-state index in [1.807, 2.05) is 0 Å². The first-order chi connectivity index (χ1) is 18.6. The van der Waals surface area contributed by atoms with Crippen LogP contribution in [0.4, 0.5) is 0 Å². The van der Waals surface area contributed by atoms with E-state index < -0.39 is 28.8 Å². The number of aromatic hydroxyl groups is 6. The molecule has 9 nitrogen and oxygen atoms in total. The predicted octanol–water partition coefficient (Wildman–Crippen LogP) is 5.46. The highest BCUT2D eigenvalue weighted by molar-refractivity contribution is 6.34. The molecule has 39 heavy (non-hydrogen) atoms. The van der Waals surface area contributed by atoms with Gasteiger partial charge in [-0.2, -0.15) is 0 Å². The van der Waals surface area contributed by atoms with E-state index in [4.69, 9.17) is 4.42 Å². The van der Waals surface area contributed by atoms with Gasteiger partial charge in [-0.05, 0) is 54.1 Å². The second-order valence-electron chi connectivity index (χ2n) is 8.73. The molecule has 0 unspecified atom stereocenters. The van der Waals surface area contributed by atoms with Crippen molar-refractivity contribution in [2.75, 3.05) is 0 Å². The summed E-state index contributed by atoms with van der Waals surface area (Å²) in [5.74, 6) is -3.85. The van der Waals surface area contributed by atoms with Crippen LogP contribution < -0.4 is 0 Å². The normalized spacial score (nSPS) is 11.0. The summed E-state index contributed by atoms with van der Waals surface area (Å²) in [7, 11) is 0. The monoisotopic (exact) mass is 524 g/mol. The van der Waals surface area contributed by atoms with Crippen molar-refractivity contribution >= 4 is 28.1 Å². The smallest absolute Gasteiger partial charge is 0.201 e. The Balaban J connectivity index is 1.80. The number of ketones is 2. The Morgan fingerprint density at radius 1 is 0.641 bits per heavy atom. The number of phenolic OH excluding ortho intramolecular Hbond substituents is 6. The molecule has 0 atom stereocenters. The van der Waals surface area contributed by atoms with Crippen LogP contribution in [0.3, 0.4) is 0 Å². The van der Waals surface area contributed by atoms with Crippen molar-refractivity contribution in [3.05, 3.63) is 102 Å². The van der Waals surface area contributed by atoms with Gasteiger partial charge in [0.15, 0.2) is 5.58 Å². The van der Waals surface area contributed by atoms with E-state index in [1.54, 1.807) is 0 Å². The van der Waals surface area contributed by atoms with Crippen LogP contribution in [-0.2, 0) is 0 Å². The first kappa shape index (κ1) is 25.0. The second kappa shape index (κ2) is 9.31. The third-order valence-corrected chi connectivity index (χ3v) is 6.22. The van der Waals surface area contributed by atoms with Crippen molar-refractivity contribution in [1.82, 2.24) is 0 Å². The van der Waals surface area contributed by atoms with Gasteiger partial charge >= 0.3 is 0 Å². The van der Waals surface area contributed by atoms with Crippen LogP contribution in [0, 0.1) is 0 Å². The van der Waals surface area contributed by atoms with Crippen molar-refractivity contribution < 1.29 is 44.6 Å². The number of carbonyl (C=O) groups is 2. The SMILES string of the molecule is C=C(C(=O)c1c(O)cc(O)c2c(C(=O)c3ccc(O)cc3O)c(-c3ccc(O)cc3)oc12)c1ccc(O)cc1. The fourth-order valence-electron chi connectivity index (χ4n) is 4.29. The lowest BCUT2D eigenvalue weighted by molar-refractivity contribution is 0.103. The zero-order valence-electron chi connectivity index (χ0n) is 20.0. The molecule has 0 aliphatic rings. The summed E-state index contributed by atoms with van der Waals surface area (Å²) in [5, 5.41) is 60.7. The Bertz CT molecular complexity index is 1790. The van der Waals surface area contributed by atoms with Crippen LogP contribution in [-0.4, -0.2) is 42.2 Å². The van der Waals surface area contributed by atoms with Crippen LogP contribution in [0.1, 0.15) is 31.8 Å². The number of fused-ring (bicyclic) bond motifs is 1. The van der Waals surface area contributed by atoms with Gasteiger partial charge in [-0.15, -0.1) is 0 Å². The van der Waals surface area contributed by atoms with Gasteiger partial charge in [0.05, 0.1) is 16.5 Å². The zero-order chi connectivity index (χ0) is 28.0. The maximum Gasteiger partial charge on any atom is 0.201 e. The summed E-state index contributed by atoms with van der Waals surface area (Å²) >= 11 is 0. The van der Waals surface area contributed by atoms with Gasteiger partial charge in [-0.1, -0.05) is 18.7 Å². The molecule has 5 rings (SSSR count). The average molecular weight is 524 g/mol. The second-order valence-corrected chi connectivity index (χ2v) is 8.73. The third kappa shape index (κ3) is 4.27. The Labute approximate surface area is 220 Å². The third-order valence-electron chi connectivity index (χ3n) is 6.22. The summed E-state index contributed by atoms with van der Waals surface area (Å²) in [6.45, 7) is 3.80. The lowest BCUT2D eigenvalue weighted by Crippen LogP contribution is -2.05. The van der Waals surface area contributed by atoms with Crippen molar-refractivity contribution in [1.29, 1.82) is 0 Å². The van der Waals surface area contributed by atoms with Gasteiger partial charge in [-0.3, -0.25) is 9.59 Å². The number of rotatable bonds is 6. The molecule has 0 fully saturated rings. The summed E-state index contributed by atoms with van der Waals surface area (Å²) < 4.78 is 6.00. The molecule has 194 valence electrons. The largest absolute Gasteiger partial charge is 0.508 e. The van der Waals surface area contributed by atoms with Gasteiger partial charge in [0.1, 0.15) is 45.8 Å². The van der Waals surface area contributed by atoms with Gasteiger partial charge in [0.25, 0.3) is 0 Å². The van der Waals surface area contributed by atoms with Crippen LogP contribution in [0.5, 0.6) is 34.5 Å². The molecule has 0 aliphatic heterocycles. The highest BCUT2D eigenvalue weighted by Gasteiger charge is 2.32. The maximum absolute atomic E-state index is 13.8. The molecule has 0 radical (unpaired) electrons. The molecule has 1 aromatic heterocycles. The van der Waals surface area contributed by atoms with E-state index in [-0.39, 0.29) is 61.8 Å². The zero-order valence-corrected chi connectivity index (χ0v) is 20.0. The Hall–Kier alpha value is -5.70. The van der Waals surface area contributed by atoms with Crippen molar-refractivity contribution in [3.63, 3.8) is 0 Å². The van der Waals surface area contributed by atoms with E-state index in [2.05, 4.69) is 6.58 Å². The van der Waals surface area contributed by atoms with Crippen molar-refractivity contribution in [2.24, 2.45) is 0 Å². The number of furan rings is 1. The van der Waals surface area contributed by atoms with Crippen molar-refractivity contribution in [3.8, 4) is 45.8 Å². The minimum Gasteiger partial charge on any atom is -0.508 e. The van der Waals surface area contributed by atoms with Crippen LogP contribution in [0.25, 0.3) is 27.9 Å². The molecular weight excluding hydrogens is 504 g/mol. The Morgan fingerprint density at radius 3 is 1.85 bits per heavy atom. The lowest BCUT2D eigenvalue weighted by Gasteiger charge is -2.10. The van der Waals surface area contributed by atoms with Crippen LogP contribution >= 0.6 is 0 Å². The fraction of sp³-hybridized carbons (Fsp3) is 0. The Morgan fingerprint density at radius 2 is 1.23 bits per heavy atom. The van der Waals surface area contributed by atoms with E-state index in [0.717, 1.165) is 12.1 Å². The van der Waals surface area contributed by atoms with Crippen LogP contribution in [0.2, 0.25) is 0 Å². The minimum atomic E-state index is -0.814. The predicted molar refractivity (Wildman–Crippen MR) is 141 cm³/mol. The van der Waals surface area contributed by atoms with Gasteiger partial charge in [-0.25, -0.2) is 0 Å². The number of hydrogen-bond acceptors (Lipinski definition) is 9. The highest BCUT2D eigenvalue weighted by atomic mass is 16.3. The first-order valence-corrected chi connectivity index (χ1v) is 11.5. The molecular formula is C30H20O9. The quantitative estimate of drug-likeness (QED) is 0.125. The molecule has 9 heteroatoms. The molecule has 0 bridgehead atoms. The summed E-state index contributed by atoms with van der Waals surface area (Å²) in [4.78, 5) is 27.3. The lowest BCUT2D eigenvalue weighted by atomic mass is 9.92. The molecule has 4 aromatic carbocycles. The minimum absolute atomic E-state index is 0.0286. The Kier molecular flexibility index (Phi) is 5.96. The molecule has 0 amide bonds. The van der Waals surface area contributed by atoms with Crippen molar-refractivity contribution in [2.45, 2.75) is 0 Å². The number of carbonyl (C=O) groups excluding carboxylic acids is 2. The van der Waals surface area contributed by atoms with E-state index >= 15 is 0 Å². The molecule has 0 aliphatic carbocycles. The average Bonchev–Trinajstić information content (AvgIpc) is 3.29. The molecule has 5 aromatic rings. The number of Topliss-reactive ketones (excluding diaryl/α,β-unsaturated/α-hetero) is 1. The number of phenols is 6. The van der Waals surface area contributed by atoms with E-state index in [9.17, 15) is 40.2 Å². The highest BCUT2D eigenvalue weighted by Crippen LogP contribution is 2.45. The topological polar surface area (TPSA) is 169 Å². The fourth-order valence-corrected chi connectivity index (χ4v) is 4.29. The summed E-state index contributed by atoms with van der Waals surface area (Å²) in [6, 6.07) is 15.4. The maximum atomic E-state index is 13.8. The van der Waals surface area contributed by atoms with E-state index in [1.165, 1.54) is 60.7 Å². The van der Waals surface area contributed by atoms with Gasteiger partial charge in [0.2, 0.25) is 11.6 Å². The molecule has 0 saturated carbocycles. The van der Waals surface area contributed by atoms with Gasteiger partial charge < -0.3 is 35.1 Å². The van der Waals surface area contributed by atoms with Crippen LogP contribution in [0.15, 0.2) is 83.8 Å². The van der Waals surface area contributed by atoms with Gasteiger partial charge in [0, 0.05) is 23.3 Å². The summed E-state index contributed by atoms with van der Waals surface area (Å²) in [6.07, 6.45) is 0. The molecule has 1 heterocycles. The number of allylic oxidation sites excluding steroid dienone is 1. The molecule has 0 saturated heterocycles. The number of benzene rings is 4. The molecule has 6 N–H and O–H groups in total. The standard InChI is InChI=1S/C30H20O9/c1-14(15-2-6-17(31)7-3-15)27(37)25-23(36)13-22(35)24-26(28(38)20-11-10-19(33)12-21(20)34)29(39-30(24)25)16-4-8-18(32)9-5-16/h2-13,31-36H,1H2.